The first kappa shape index (κ1) is 31.0. The number of aromatic nitrogens is 3. The lowest BCUT2D eigenvalue weighted by atomic mass is 9.72. The quantitative estimate of drug-likeness (QED) is 0.190. The second-order valence-electron chi connectivity index (χ2n) is 10.5. The molecule has 1 saturated heterocycles. The zero-order chi connectivity index (χ0) is 30.4. The lowest BCUT2D eigenvalue weighted by molar-refractivity contribution is 0.0430. The summed E-state index contributed by atoms with van der Waals surface area (Å²) in [4.78, 5) is 28.2. The molecule has 226 valence electrons. The number of hydrogen-bond donors (Lipinski definition) is 4. The summed E-state index contributed by atoms with van der Waals surface area (Å²) < 4.78 is 30.0. The van der Waals surface area contributed by atoms with Gasteiger partial charge in [0.25, 0.3) is 5.91 Å². The molecular weight excluding hydrogens is 594 g/mol. The molecule has 9 nitrogen and oxygen atoms in total. The lowest BCUT2D eigenvalue weighted by Gasteiger charge is -2.43. The molecule has 0 bridgehead atoms. The molecule has 0 aliphatic carbocycles. The third kappa shape index (κ3) is 7.73. The first-order chi connectivity index (χ1) is 20.7. The van der Waals surface area contributed by atoms with Crippen molar-refractivity contribution in [2.24, 2.45) is 0 Å². The molecule has 1 aliphatic heterocycles. The first-order valence-electron chi connectivity index (χ1n) is 13.8. The highest BCUT2D eigenvalue weighted by Gasteiger charge is 2.37. The van der Waals surface area contributed by atoms with Gasteiger partial charge in [0, 0.05) is 30.9 Å². The number of aryl methyl sites for hydroxylation is 1. The second-order valence-corrected chi connectivity index (χ2v) is 12.9. The summed E-state index contributed by atoms with van der Waals surface area (Å²) in [5.41, 5.74) is 1.09. The summed E-state index contributed by atoms with van der Waals surface area (Å²) in [5.74, 6) is -1.07. The van der Waals surface area contributed by atoms with Crippen LogP contribution < -0.4 is 10.6 Å². The second kappa shape index (κ2) is 13.9. The van der Waals surface area contributed by atoms with Gasteiger partial charge in [-0.1, -0.05) is 35.2 Å². The molecule has 1 fully saturated rings. The van der Waals surface area contributed by atoms with Crippen LogP contribution in [0.3, 0.4) is 0 Å². The van der Waals surface area contributed by atoms with Gasteiger partial charge in [0.05, 0.1) is 28.0 Å². The van der Waals surface area contributed by atoms with Crippen molar-refractivity contribution >= 4 is 40.0 Å². The molecule has 43 heavy (non-hydrogen) atoms. The third-order valence-electron chi connectivity index (χ3n) is 7.45. The van der Waals surface area contributed by atoms with E-state index in [1.807, 2.05) is 24.0 Å². The number of piperidine rings is 1. The number of nitrogens with one attached hydrogen (secondary N) is 2. The minimum absolute atomic E-state index is 0.198. The molecule has 1 aromatic carbocycles. The first-order valence-corrected chi connectivity index (χ1v) is 15.4. The summed E-state index contributed by atoms with van der Waals surface area (Å²) in [5, 5.41) is 25.7. The van der Waals surface area contributed by atoms with Crippen LogP contribution in [0.1, 0.15) is 34.5 Å². The Morgan fingerprint density at radius 1 is 1.12 bits per heavy atom. The van der Waals surface area contributed by atoms with Gasteiger partial charge in [-0.2, -0.15) is 0 Å². The largest absolute Gasteiger partial charge is 0.394 e. The molecule has 0 radical (unpaired) electrons. The topological polar surface area (TPSA) is 124 Å². The van der Waals surface area contributed by atoms with Gasteiger partial charge < -0.3 is 25.7 Å². The molecule has 5 rings (SSSR count). The number of thiazole rings is 1. The number of carbonyl (C=O) groups is 1. The number of amides is 1. The van der Waals surface area contributed by atoms with Crippen LogP contribution in [0.2, 0.25) is 0 Å². The van der Waals surface area contributed by atoms with Crippen LogP contribution in [0.25, 0.3) is 0 Å². The molecular formula is C30H32F2N6O3S2. The predicted molar refractivity (Wildman–Crippen MR) is 162 cm³/mol. The summed E-state index contributed by atoms with van der Waals surface area (Å²) in [6.07, 6.45) is 5.12. The van der Waals surface area contributed by atoms with Crippen molar-refractivity contribution < 1.29 is 23.8 Å². The Kier molecular flexibility index (Phi) is 9.98. The predicted octanol–water partition coefficient (Wildman–Crippen LogP) is 4.53. The number of halogens is 2. The molecule has 4 heterocycles. The molecule has 1 aliphatic rings. The summed E-state index contributed by atoms with van der Waals surface area (Å²) >= 11 is 2.49. The van der Waals surface area contributed by atoms with Crippen LogP contribution in [-0.2, 0) is 5.41 Å². The normalized spacial score (nSPS) is 15.7. The van der Waals surface area contributed by atoms with Crippen molar-refractivity contribution in [1.82, 2.24) is 25.2 Å². The Morgan fingerprint density at radius 3 is 2.58 bits per heavy atom. The number of nitrogens with zero attached hydrogens (tertiary/aromatic N) is 4. The van der Waals surface area contributed by atoms with Crippen molar-refractivity contribution in [3.05, 3.63) is 89.5 Å². The van der Waals surface area contributed by atoms with Crippen LogP contribution >= 0.6 is 23.1 Å². The van der Waals surface area contributed by atoms with Crippen LogP contribution in [0.15, 0.2) is 70.2 Å². The standard InChI is InChI=1S/C30H32F2N6O3S2/c1-19-6-10-33-24(14-19)37-29-35-15-25(43-29)42-23-7-11-34-27(26(23)32)28(41)36-18-30(20-2-4-21(31)5-3-20)8-12-38(13-9-30)16-22(40)17-39/h2-7,10-11,14-15,22,39-40H,8-9,12-13,16-18H2,1H3,(H,36,41)(H,33,35,37)/t22-/m0/s1. The van der Waals surface area contributed by atoms with Crippen LogP contribution in [0.5, 0.6) is 0 Å². The number of aliphatic hydroxyl groups is 2. The number of carbonyl (C=O) groups excluding carboxylic acids is 1. The number of rotatable bonds is 11. The van der Waals surface area contributed by atoms with Crippen molar-refractivity contribution in [1.29, 1.82) is 0 Å². The van der Waals surface area contributed by atoms with E-state index in [0.29, 0.717) is 43.4 Å². The van der Waals surface area contributed by atoms with Gasteiger partial charge in [-0.3, -0.25) is 4.79 Å². The number of aliphatic hydroxyl groups excluding tert-OH is 2. The average molecular weight is 627 g/mol. The molecule has 13 heteroatoms. The Hall–Kier alpha value is -3.49. The van der Waals surface area contributed by atoms with Gasteiger partial charge >= 0.3 is 0 Å². The summed E-state index contributed by atoms with van der Waals surface area (Å²) in [6.45, 7) is 3.39. The Bertz CT molecular complexity index is 1550. The van der Waals surface area contributed by atoms with E-state index in [4.69, 9.17) is 0 Å². The molecule has 0 saturated carbocycles. The van der Waals surface area contributed by atoms with Crippen molar-refractivity contribution in [3.8, 4) is 0 Å². The van der Waals surface area contributed by atoms with Gasteiger partial charge in [0.15, 0.2) is 16.6 Å². The van der Waals surface area contributed by atoms with Crippen molar-refractivity contribution in [3.63, 3.8) is 0 Å². The number of anilines is 2. The zero-order valence-corrected chi connectivity index (χ0v) is 25.1. The van der Waals surface area contributed by atoms with Crippen LogP contribution in [0.4, 0.5) is 19.7 Å². The summed E-state index contributed by atoms with van der Waals surface area (Å²) in [7, 11) is 0. The third-order valence-corrected chi connectivity index (χ3v) is 9.50. The number of hydrogen-bond acceptors (Lipinski definition) is 10. The minimum Gasteiger partial charge on any atom is -0.394 e. The van der Waals surface area contributed by atoms with E-state index < -0.39 is 23.2 Å². The average Bonchev–Trinajstić information content (AvgIpc) is 3.44. The van der Waals surface area contributed by atoms with Gasteiger partial charge in [-0.25, -0.2) is 23.7 Å². The highest BCUT2D eigenvalue weighted by Crippen LogP contribution is 2.37. The lowest BCUT2D eigenvalue weighted by Crippen LogP contribution is -2.50. The maximum Gasteiger partial charge on any atom is 0.273 e. The van der Waals surface area contributed by atoms with Crippen LogP contribution in [0, 0.1) is 18.6 Å². The van der Waals surface area contributed by atoms with E-state index >= 15 is 4.39 Å². The van der Waals surface area contributed by atoms with Crippen LogP contribution in [-0.4, -0.2) is 74.9 Å². The van der Waals surface area contributed by atoms with Gasteiger partial charge in [0.1, 0.15) is 11.6 Å². The number of benzene rings is 1. The minimum atomic E-state index is -0.838. The molecule has 4 aromatic rings. The maximum absolute atomic E-state index is 15.6. The molecule has 3 aromatic heterocycles. The monoisotopic (exact) mass is 626 g/mol. The molecule has 1 atom stereocenters. The van der Waals surface area contributed by atoms with E-state index in [0.717, 1.165) is 27.1 Å². The van der Waals surface area contributed by atoms with E-state index in [2.05, 4.69) is 25.6 Å². The Balaban J connectivity index is 1.27. The Labute approximate surface area is 256 Å². The van der Waals surface area contributed by atoms with Gasteiger partial charge in [-0.15, -0.1) is 0 Å². The molecule has 0 unspecified atom stereocenters. The fourth-order valence-corrected chi connectivity index (χ4v) is 6.94. The molecule has 0 spiro atoms. The van der Waals surface area contributed by atoms with E-state index in [9.17, 15) is 19.4 Å². The summed E-state index contributed by atoms with van der Waals surface area (Å²) in [6, 6.07) is 11.5. The maximum atomic E-state index is 15.6. The van der Waals surface area contributed by atoms with Gasteiger partial charge in [0.2, 0.25) is 0 Å². The highest BCUT2D eigenvalue weighted by molar-refractivity contribution is 8.01. The number of β-amino-alcohol motifs (C(OH)–C–C–N with tert-alkyl or cyclic N) is 1. The SMILES string of the molecule is Cc1ccnc(Nc2ncc(Sc3ccnc(C(=O)NCC4(c5ccc(F)cc5)CCN(C[C@H](O)CO)CC4)c3F)s2)c1. The van der Waals surface area contributed by atoms with Crippen molar-refractivity contribution in [2.75, 3.05) is 38.1 Å². The van der Waals surface area contributed by atoms with Crippen molar-refractivity contribution in [2.45, 2.75) is 40.4 Å². The highest BCUT2D eigenvalue weighted by atomic mass is 32.2. The van der Waals surface area contributed by atoms with E-state index in [1.165, 1.54) is 35.7 Å². The molecule has 1 amide bonds. The van der Waals surface area contributed by atoms with E-state index in [1.54, 1.807) is 24.5 Å². The number of pyridine rings is 2. The smallest absolute Gasteiger partial charge is 0.273 e. The fourth-order valence-electron chi connectivity index (χ4n) is 5.07. The molecule has 4 N–H and O–H groups in total. The fraction of sp³-hybridized carbons (Fsp3) is 0.333. The van der Waals surface area contributed by atoms with E-state index in [-0.39, 0.29) is 29.6 Å². The Morgan fingerprint density at radius 2 is 1.86 bits per heavy atom. The van der Waals surface area contributed by atoms with Gasteiger partial charge in [-0.05, 0) is 74.3 Å². The zero-order valence-electron chi connectivity index (χ0n) is 23.5. The number of likely N-dealkylation sites (tertiary alicyclic amines) is 1.